The Morgan fingerprint density at radius 2 is 1.76 bits per heavy atom. The number of ether oxygens (including phenoxy) is 3. The second-order valence-electron chi connectivity index (χ2n) is 6.70. The highest BCUT2D eigenvalue weighted by Crippen LogP contribution is 2.27. The number of benzene rings is 2. The second kappa shape index (κ2) is 12.5. The van der Waals surface area contributed by atoms with Crippen molar-refractivity contribution in [3.05, 3.63) is 54.1 Å². The Morgan fingerprint density at radius 3 is 2.45 bits per heavy atom. The number of aliphatic imine (C=N–C) groups is 1. The van der Waals surface area contributed by atoms with E-state index in [-0.39, 0.29) is 0 Å². The molecule has 0 radical (unpaired) electrons. The van der Waals surface area contributed by atoms with E-state index >= 15 is 0 Å². The van der Waals surface area contributed by atoms with Crippen molar-refractivity contribution in [3.63, 3.8) is 0 Å². The van der Waals surface area contributed by atoms with Crippen molar-refractivity contribution in [2.45, 2.75) is 19.3 Å². The van der Waals surface area contributed by atoms with Gasteiger partial charge in [-0.2, -0.15) is 0 Å². The molecule has 0 unspecified atom stereocenters. The molecule has 0 aliphatic rings. The minimum Gasteiger partial charge on any atom is -0.494 e. The zero-order valence-electron chi connectivity index (χ0n) is 18.0. The summed E-state index contributed by atoms with van der Waals surface area (Å²) in [5.41, 5.74) is 1.20. The summed E-state index contributed by atoms with van der Waals surface area (Å²) in [5, 5.41) is 3.42. The van der Waals surface area contributed by atoms with E-state index in [1.54, 1.807) is 14.2 Å². The monoisotopic (exact) mass is 399 g/mol. The molecule has 0 spiro atoms. The molecule has 6 nitrogen and oxygen atoms in total. The van der Waals surface area contributed by atoms with Crippen LogP contribution in [-0.2, 0) is 6.42 Å². The quantitative estimate of drug-likeness (QED) is 0.355. The molecule has 0 atom stereocenters. The molecule has 2 aromatic rings. The highest BCUT2D eigenvalue weighted by Gasteiger charge is 2.08. The summed E-state index contributed by atoms with van der Waals surface area (Å²) in [7, 11) is 7.17. The molecule has 0 heterocycles. The molecule has 6 heteroatoms. The number of para-hydroxylation sites is 1. The Hall–Kier alpha value is -2.89. The van der Waals surface area contributed by atoms with Gasteiger partial charge in [0.25, 0.3) is 0 Å². The van der Waals surface area contributed by atoms with Gasteiger partial charge in [0.05, 0.1) is 20.8 Å². The lowest BCUT2D eigenvalue weighted by molar-refractivity contribution is 0.306. The third-order valence-electron chi connectivity index (χ3n) is 4.62. The summed E-state index contributed by atoms with van der Waals surface area (Å²) in [6, 6.07) is 16.0. The van der Waals surface area contributed by atoms with E-state index in [0.717, 1.165) is 62.2 Å². The van der Waals surface area contributed by atoms with Gasteiger partial charge in [-0.1, -0.05) is 24.3 Å². The average Bonchev–Trinajstić information content (AvgIpc) is 2.77. The van der Waals surface area contributed by atoms with Crippen LogP contribution in [0.4, 0.5) is 0 Å². The third kappa shape index (κ3) is 7.56. The summed E-state index contributed by atoms with van der Waals surface area (Å²) in [4.78, 5) is 6.52. The van der Waals surface area contributed by atoms with Gasteiger partial charge in [-0.05, 0) is 49.1 Å². The molecule has 0 bridgehead atoms. The normalized spacial score (nSPS) is 11.1. The average molecular weight is 400 g/mol. The Morgan fingerprint density at radius 1 is 1.00 bits per heavy atom. The zero-order chi connectivity index (χ0) is 20.9. The van der Waals surface area contributed by atoms with E-state index in [4.69, 9.17) is 14.2 Å². The lowest BCUT2D eigenvalue weighted by Gasteiger charge is -2.22. The van der Waals surface area contributed by atoms with Crippen LogP contribution in [0.15, 0.2) is 53.5 Å². The number of rotatable bonds is 11. The molecular weight excluding hydrogens is 366 g/mol. The molecule has 0 fully saturated rings. The van der Waals surface area contributed by atoms with Crippen molar-refractivity contribution >= 4 is 5.96 Å². The molecule has 0 amide bonds. The van der Waals surface area contributed by atoms with Gasteiger partial charge in [0, 0.05) is 27.2 Å². The van der Waals surface area contributed by atoms with Crippen LogP contribution in [0.25, 0.3) is 0 Å². The fourth-order valence-electron chi connectivity index (χ4n) is 2.96. The van der Waals surface area contributed by atoms with E-state index in [0.29, 0.717) is 0 Å². The highest BCUT2D eigenvalue weighted by molar-refractivity contribution is 5.79. The van der Waals surface area contributed by atoms with Crippen LogP contribution in [0, 0.1) is 0 Å². The molecule has 0 aliphatic heterocycles. The van der Waals surface area contributed by atoms with Crippen molar-refractivity contribution in [2.24, 2.45) is 4.99 Å². The Balaban J connectivity index is 1.68. The first-order chi connectivity index (χ1) is 14.2. The van der Waals surface area contributed by atoms with Gasteiger partial charge in [0.1, 0.15) is 5.75 Å². The van der Waals surface area contributed by atoms with Crippen LogP contribution in [0.3, 0.4) is 0 Å². The molecule has 2 rings (SSSR count). The number of methoxy groups -OCH3 is 2. The maximum Gasteiger partial charge on any atom is 0.193 e. The standard InChI is InChI=1S/C23H33N3O3/c1-24-23(25-15-8-9-17-29-20-10-6-5-7-11-20)26(2)16-14-19-12-13-21(27-3)22(18-19)28-4/h5-7,10-13,18H,8-9,14-17H2,1-4H3,(H,24,25). The van der Waals surface area contributed by atoms with E-state index < -0.39 is 0 Å². The van der Waals surface area contributed by atoms with Gasteiger partial charge in [-0.25, -0.2) is 0 Å². The van der Waals surface area contributed by atoms with E-state index in [1.165, 1.54) is 5.56 Å². The first-order valence-electron chi connectivity index (χ1n) is 9.98. The minimum atomic E-state index is 0.722. The van der Waals surface area contributed by atoms with E-state index in [2.05, 4.69) is 28.3 Å². The van der Waals surface area contributed by atoms with Crippen LogP contribution in [-0.4, -0.2) is 58.9 Å². The lowest BCUT2D eigenvalue weighted by Crippen LogP contribution is -2.40. The van der Waals surface area contributed by atoms with Gasteiger partial charge >= 0.3 is 0 Å². The molecule has 0 saturated heterocycles. The molecule has 0 aromatic heterocycles. The van der Waals surface area contributed by atoms with Gasteiger partial charge in [0.15, 0.2) is 17.5 Å². The number of guanidine groups is 1. The summed E-state index contributed by atoms with van der Waals surface area (Å²) >= 11 is 0. The van der Waals surface area contributed by atoms with Crippen LogP contribution in [0.5, 0.6) is 17.2 Å². The number of hydrogen-bond acceptors (Lipinski definition) is 4. The minimum absolute atomic E-state index is 0.722. The van der Waals surface area contributed by atoms with Gasteiger partial charge < -0.3 is 24.4 Å². The molecule has 0 saturated carbocycles. The van der Waals surface area contributed by atoms with Crippen LogP contribution < -0.4 is 19.5 Å². The SMILES string of the molecule is CN=C(NCCCCOc1ccccc1)N(C)CCc1ccc(OC)c(OC)c1. The summed E-state index contributed by atoms with van der Waals surface area (Å²) < 4.78 is 16.4. The van der Waals surface area contributed by atoms with Crippen molar-refractivity contribution in [1.29, 1.82) is 0 Å². The first kappa shape index (κ1) is 22.4. The third-order valence-corrected chi connectivity index (χ3v) is 4.62. The van der Waals surface area contributed by atoms with Gasteiger partial charge in [0.2, 0.25) is 0 Å². The maximum absolute atomic E-state index is 5.72. The topological polar surface area (TPSA) is 55.3 Å². The highest BCUT2D eigenvalue weighted by atomic mass is 16.5. The Kier molecular flexibility index (Phi) is 9.69. The fourth-order valence-corrected chi connectivity index (χ4v) is 2.96. The van der Waals surface area contributed by atoms with Crippen molar-refractivity contribution in [2.75, 3.05) is 48.0 Å². The second-order valence-corrected chi connectivity index (χ2v) is 6.70. The zero-order valence-corrected chi connectivity index (χ0v) is 18.0. The molecule has 29 heavy (non-hydrogen) atoms. The Bertz CT molecular complexity index is 750. The predicted octanol–water partition coefficient (Wildman–Crippen LogP) is 3.61. The van der Waals surface area contributed by atoms with Crippen molar-refractivity contribution < 1.29 is 14.2 Å². The number of likely N-dealkylation sites (N-methyl/N-ethyl adjacent to an activating group) is 1. The smallest absolute Gasteiger partial charge is 0.193 e. The molecule has 158 valence electrons. The molecule has 2 aromatic carbocycles. The summed E-state index contributed by atoms with van der Waals surface area (Å²) in [5.74, 6) is 3.33. The molecule has 0 aliphatic carbocycles. The predicted molar refractivity (Wildman–Crippen MR) is 118 cm³/mol. The van der Waals surface area contributed by atoms with Gasteiger partial charge in [-0.15, -0.1) is 0 Å². The summed E-state index contributed by atoms with van der Waals surface area (Å²) in [6.45, 7) is 2.44. The fraction of sp³-hybridized carbons (Fsp3) is 0.435. The number of nitrogens with one attached hydrogen (secondary N) is 1. The van der Waals surface area contributed by atoms with E-state index in [9.17, 15) is 0 Å². The number of unbranched alkanes of at least 4 members (excludes halogenated alkanes) is 1. The molecular formula is C23H33N3O3. The van der Waals surface area contributed by atoms with Crippen LogP contribution >= 0.6 is 0 Å². The number of hydrogen-bond donors (Lipinski definition) is 1. The lowest BCUT2D eigenvalue weighted by atomic mass is 10.1. The first-order valence-corrected chi connectivity index (χ1v) is 9.98. The van der Waals surface area contributed by atoms with Crippen LogP contribution in [0.1, 0.15) is 18.4 Å². The van der Waals surface area contributed by atoms with Crippen molar-refractivity contribution in [1.82, 2.24) is 10.2 Å². The largest absolute Gasteiger partial charge is 0.494 e. The van der Waals surface area contributed by atoms with Crippen molar-refractivity contribution in [3.8, 4) is 17.2 Å². The number of nitrogens with zero attached hydrogens (tertiary/aromatic N) is 2. The molecule has 1 N–H and O–H groups in total. The van der Waals surface area contributed by atoms with E-state index in [1.807, 2.05) is 49.5 Å². The Labute approximate surface area is 174 Å². The van der Waals surface area contributed by atoms with Gasteiger partial charge in [-0.3, -0.25) is 4.99 Å². The van der Waals surface area contributed by atoms with Crippen LogP contribution in [0.2, 0.25) is 0 Å². The maximum atomic E-state index is 5.72. The summed E-state index contributed by atoms with van der Waals surface area (Å²) in [6.07, 6.45) is 2.91.